The molecule has 2 aromatic rings. The van der Waals surface area contributed by atoms with Gasteiger partial charge in [0.15, 0.2) is 6.10 Å². The maximum Gasteiger partial charge on any atom is 0.345 e. The standard InChI is InChI=1S/C19H22O5/c1-12-7-13(2)9-16(8-12)24-18(19(20)21)11-14-10-15(22-3)5-6-17(14)23-4/h5-10,18H,11H2,1-4H3,(H,20,21). The molecule has 0 fully saturated rings. The minimum Gasteiger partial charge on any atom is -0.497 e. The number of methoxy groups -OCH3 is 2. The Morgan fingerprint density at radius 1 is 1.00 bits per heavy atom. The molecule has 24 heavy (non-hydrogen) atoms. The largest absolute Gasteiger partial charge is 0.497 e. The summed E-state index contributed by atoms with van der Waals surface area (Å²) in [6, 6.07) is 10.9. The third-order valence-corrected chi connectivity index (χ3v) is 3.64. The molecule has 0 aliphatic rings. The normalized spacial score (nSPS) is 11.7. The summed E-state index contributed by atoms with van der Waals surface area (Å²) >= 11 is 0. The number of rotatable bonds is 7. The quantitative estimate of drug-likeness (QED) is 0.843. The Bertz CT molecular complexity index is 703. The topological polar surface area (TPSA) is 65.0 Å². The number of hydrogen-bond donors (Lipinski definition) is 1. The van der Waals surface area contributed by atoms with Gasteiger partial charge in [0, 0.05) is 12.0 Å². The number of aliphatic carboxylic acids is 1. The second kappa shape index (κ2) is 7.73. The van der Waals surface area contributed by atoms with Crippen molar-refractivity contribution in [2.45, 2.75) is 26.4 Å². The maximum absolute atomic E-state index is 11.6. The van der Waals surface area contributed by atoms with Crippen LogP contribution in [0.5, 0.6) is 17.2 Å². The Hall–Kier alpha value is -2.69. The average Bonchev–Trinajstić information content (AvgIpc) is 2.53. The Morgan fingerprint density at radius 3 is 2.21 bits per heavy atom. The van der Waals surface area contributed by atoms with Crippen molar-refractivity contribution in [1.29, 1.82) is 0 Å². The van der Waals surface area contributed by atoms with E-state index in [0.29, 0.717) is 22.8 Å². The highest BCUT2D eigenvalue weighted by Crippen LogP contribution is 2.27. The van der Waals surface area contributed by atoms with Gasteiger partial charge >= 0.3 is 5.97 Å². The van der Waals surface area contributed by atoms with E-state index >= 15 is 0 Å². The number of hydrogen-bond acceptors (Lipinski definition) is 4. The van der Waals surface area contributed by atoms with E-state index in [9.17, 15) is 9.90 Å². The monoisotopic (exact) mass is 330 g/mol. The zero-order valence-electron chi connectivity index (χ0n) is 14.3. The second-order valence-electron chi connectivity index (χ2n) is 5.65. The van der Waals surface area contributed by atoms with Gasteiger partial charge in [0.05, 0.1) is 14.2 Å². The summed E-state index contributed by atoms with van der Waals surface area (Å²) in [6.45, 7) is 3.89. The Kier molecular flexibility index (Phi) is 5.68. The molecule has 0 aliphatic heterocycles. The van der Waals surface area contributed by atoms with E-state index in [1.165, 1.54) is 0 Å². The van der Waals surface area contributed by atoms with Crippen LogP contribution in [0.15, 0.2) is 36.4 Å². The molecule has 0 aromatic heterocycles. The molecular formula is C19H22O5. The van der Waals surface area contributed by atoms with Gasteiger partial charge in [0.2, 0.25) is 0 Å². The first-order chi connectivity index (χ1) is 11.4. The van der Waals surface area contributed by atoms with Crippen LogP contribution >= 0.6 is 0 Å². The fourth-order valence-corrected chi connectivity index (χ4v) is 2.59. The minimum atomic E-state index is -1.03. The summed E-state index contributed by atoms with van der Waals surface area (Å²) in [4.78, 5) is 11.6. The predicted octanol–water partition coefficient (Wildman–Crippen LogP) is 3.40. The van der Waals surface area contributed by atoms with Gasteiger partial charge in [-0.3, -0.25) is 0 Å². The lowest BCUT2D eigenvalue weighted by molar-refractivity contribution is -0.145. The van der Waals surface area contributed by atoms with Crippen molar-refractivity contribution < 1.29 is 24.1 Å². The van der Waals surface area contributed by atoms with E-state index < -0.39 is 12.1 Å². The van der Waals surface area contributed by atoms with Gasteiger partial charge in [-0.1, -0.05) is 6.07 Å². The highest BCUT2D eigenvalue weighted by atomic mass is 16.5. The van der Waals surface area contributed by atoms with Crippen molar-refractivity contribution in [2.75, 3.05) is 14.2 Å². The van der Waals surface area contributed by atoms with Gasteiger partial charge in [-0.15, -0.1) is 0 Å². The average molecular weight is 330 g/mol. The van der Waals surface area contributed by atoms with Gasteiger partial charge in [-0.25, -0.2) is 4.79 Å². The van der Waals surface area contributed by atoms with Gasteiger partial charge < -0.3 is 19.3 Å². The van der Waals surface area contributed by atoms with Crippen LogP contribution < -0.4 is 14.2 Å². The lowest BCUT2D eigenvalue weighted by Gasteiger charge is -2.18. The number of carboxylic acids is 1. The molecular weight excluding hydrogens is 308 g/mol. The van der Waals surface area contributed by atoms with Gasteiger partial charge in [0.1, 0.15) is 17.2 Å². The molecule has 1 unspecified atom stereocenters. The SMILES string of the molecule is COc1ccc(OC)c(CC(Oc2cc(C)cc(C)c2)C(=O)O)c1. The van der Waals surface area contributed by atoms with Crippen LogP contribution in [0.25, 0.3) is 0 Å². The van der Waals surface area contributed by atoms with E-state index in [1.54, 1.807) is 32.4 Å². The van der Waals surface area contributed by atoms with Crippen LogP contribution in [0, 0.1) is 13.8 Å². The van der Waals surface area contributed by atoms with Crippen LogP contribution in [0.4, 0.5) is 0 Å². The van der Waals surface area contributed by atoms with Crippen molar-refractivity contribution in [3.63, 3.8) is 0 Å². The molecule has 0 radical (unpaired) electrons. The van der Waals surface area contributed by atoms with E-state index in [0.717, 1.165) is 11.1 Å². The molecule has 1 N–H and O–H groups in total. The molecule has 1 atom stereocenters. The zero-order chi connectivity index (χ0) is 17.7. The molecule has 0 bridgehead atoms. The van der Waals surface area contributed by atoms with Crippen molar-refractivity contribution in [3.8, 4) is 17.2 Å². The van der Waals surface area contributed by atoms with Crippen LogP contribution in [0.3, 0.4) is 0 Å². The van der Waals surface area contributed by atoms with E-state index in [4.69, 9.17) is 14.2 Å². The molecule has 0 saturated carbocycles. The predicted molar refractivity (Wildman–Crippen MR) is 91.2 cm³/mol. The molecule has 2 rings (SSSR count). The van der Waals surface area contributed by atoms with Crippen LogP contribution in [0.1, 0.15) is 16.7 Å². The fraction of sp³-hybridized carbons (Fsp3) is 0.316. The summed E-state index contributed by atoms with van der Waals surface area (Å²) in [6.07, 6.45) is -0.852. The highest BCUT2D eigenvalue weighted by molar-refractivity contribution is 5.73. The van der Waals surface area contributed by atoms with Crippen molar-refractivity contribution in [1.82, 2.24) is 0 Å². The van der Waals surface area contributed by atoms with E-state index in [-0.39, 0.29) is 6.42 Å². The first kappa shape index (κ1) is 17.7. The molecule has 0 amide bonds. The third-order valence-electron chi connectivity index (χ3n) is 3.64. The van der Waals surface area contributed by atoms with Crippen molar-refractivity contribution in [3.05, 3.63) is 53.1 Å². The second-order valence-corrected chi connectivity index (χ2v) is 5.65. The van der Waals surface area contributed by atoms with Crippen molar-refractivity contribution in [2.24, 2.45) is 0 Å². The smallest absolute Gasteiger partial charge is 0.345 e. The summed E-state index contributed by atoms with van der Waals surface area (Å²) in [5.41, 5.74) is 2.76. The molecule has 5 nitrogen and oxygen atoms in total. The Morgan fingerprint density at radius 2 is 1.67 bits per heavy atom. The maximum atomic E-state index is 11.6. The van der Waals surface area contributed by atoms with Crippen molar-refractivity contribution >= 4 is 5.97 Å². The molecule has 0 heterocycles. The molecule has 5 heteroatoms. The first-order valence-corrected chi connectivity index (χ1v) is 7.61. The number of benzene rings is 2. The summed E-state index contributed by atoms with van der Waals surface area (Å²) < 4.78 is 16.2. The van der Waals surface area contributed by atoms with Crippen LogP contribution in [-0.4, -0.2) is 31.4 Å². The zero-order valence-corrected chi connectivity index (χ0v) is 14.3. The molecule has 0 spiro atoms. The lowest BCUT2D eigenvalue weighted by atomic mass is 10.1. The lowest BCUT2D eigenvalue weighted by Crippen LogP contribution is -2.29. The molecule has 0 aliphatic carbocycles. The molecule has 128 valence electrons. The highest BCUT2D eigenvalue weighted by Gasteiger charge is 2.22. The van der Waals surface area contributed by atoms with Crippen LogP contribution in [0.2, 0.25) is 0 Å². The minimum absolute atomic E-state index is 0.169. The fourth-order valence-electron chi connectivity index (χ4n) is 2.59. The first-order valence-electron chi connectivity index (χ1n) is 7.61. The van der Waals surface area contributed by atoms with E-state index in [2.05, 4.69) is 0 Å². The van der Waals surface area contributed by atoms with E-state index in [1.807, 2.05) is 32.0 Å². The molecule has 0 saturated heterocycles. The number of carbonyl (C=O) groups is 1. The summed E-state index contributed by atoms with van der Waals surface area (Å²) in [5.74, 6) is 0.758. The van der Waals surface area contributed by atoms with Gasteiger partial charge in [-0.05, 0) is 55.3 Å². The summed E-state index contributed by atoms with van der Waals surface area (Å²) in [5, 5.41) is 9.53. The Labute approximate surface area is 141 Å². The summed E-state index contributed by atoms with van der Waals surface area (Å²) in [7, 11) is 3.11. The number of ether oxygens (including phenoxy) is 3. The number of aryl methyl sites for hydroxylation is 2. The number of carboxylic acid groups (broad SMARTS) is 1. The third kappa shape index (κ3) is 4.41. The van der Waals surface area contributed by atoms with Gasteiger partial charge in [0.25, 0.3) is 0 Å². The van der Waals surface area contributed by atoms with Gasteiger partial charge in [-0.2, -0.15) is 0 Å². The Balaban J connectivity index is 2.27. The van der Waals surface area contributed by atoms with Crippen LogP contribution in [-0.2, 0) is 11.2 Å². The molecule has 2 aromatic carbocycles.